The molecule has 0 aliphatic carbocycles. The number of fused-ring (bicyclic) bond motifs is 1. The molecule has 0 spiro atoms. The quantitative estimate of drug-likeness (QED) is 0.434. The van der Waals surface area contributed by atoms with Crippen molar-refractivity contribution >= 4 is 10.8 Å². The lowest BCUT2D eigenvalue weighted by molar-refractivity contribution is 0.277. The molecule has 3 rings (SSSR count). The average molecular weight is 362 g/mol. The van der Waals surface area contributed by atoms with Crippen LogP contribution in [-0.2, 0) is 13.0 Å². The van der Waals surface area contributed by atoms with Crippen molar-refractivity contribution in [2.75, 3.05) is 19.6 Å². The van der Waals surface area contributed by atoms with E-state index in [0.29, 0.717) is 6.61 Å². The minimum absolute atomic E-state index is 0.603. The summed E-state index contributed by atoms with van der Waals surface area (Å²) in [7, 11) is 0. The molecule has 0 amide bonds. The van der Waals surface area contributed by atoms with E-state index in [1.807, 2.05) is 0 Å². The number of hydrogen-bond acceptors (Lipinski definition) is 2. The predicted molar refractivity (Wildman–Crippen MR) is 115 cm³/mol. The SMILES string of the molecule is CCCN(CCC)CCc1cccc(OCc2ccc3ccccc3c2)c1. The summed E-state index contributed by atoms with van der Waals surface area (Å²) in [5, 5.41) is 2.53. The van der Waals surface area contributed by atoms with Gasteiger partial charge in [-0.25, -0.2) is 0 Å². The maximum atomic E-state index is 6.07. The molecule has 0 heterocycles. The van der Waals surface area contributed by atoms with Gasteiger partial charge in [-0.15, -0.1) is 0 Å². The van der Waals surface area contributed by atoms with Crippen molar-refractivity contribution in [3.05, 3.63) is 77.9 Å². The zero-order chi connectivity index (χ0) is 18.9. The van der Waals surface area contributed by atoms with E-state index in [-0.39, 0.29) is 0 Å². The maximum Gasteiger partial charge on any atom is 0.120 e. The van der Waals surface area contributed by atoms with Crippen molar-refractivity contribution in [2.24, 2.45) is 0 Å². The standard InChI is InChI=1S/C25H31NO/c1-3-15-26(16-4-2)17-14-21-8-7-11-25(19-21)27-20-22-12-13-23-9-5-6-10-24(23)18-22/h5-13,18-19H,3-4,14-17,20H2,1-2H3. The smallest absolute Gasteiger partial charge is 0.120 e. The molecule has 0 bridgehead atoms. The number of ether oxygens (including phenoxy) is 1. The van der Waals surface area contributed by atoms with Gasteiger partial charge in [-0.3, -0.25) is 0 Å². The molecule has 0 atom stereocenters. The van der Waals surface area contributed by atoms with Crippen LogP contribution < -0.4 is 4.74 Å². The van der Waals surface area contributed by atoms with Crippen LogP contribution in [0.4, 0.5) is 0 Å². The van der Waals surface area contributed by atoms with Crippen molar-refractivity contribution in [1.82, 2.24) is 4.90 Å². The average Bonchev–Trinajstić information content (AvgIpc) is 2.71. The molecule has 27 heavy (non-hydrogen) atoms. The molecule has 0 saturated carbocycles. The van der Waals surface area contributed by atoms with Crippen LogP contribution in [0, 0.1) is 0 Å². The Morgan fingerprint density at radius 2 is 1.48 bits per heavy atom. The third kappa shape index (κ3) is 5.83. The van der Waals surface area contributed by atoms with E-state index in [0.717, 1.165) is 18.7 Å². The Balaban J connectivity index is 1.58. The Morgan fingerprint density at radius 1 is 0.704 bits per heavy atom. The van der Waals surface area contributed by atoms with Crippen molar-refractivity contribution in [2.45, 2.75) is 39.7 Å². The van der Waals surface area contributed by atoms with Gasteiger partial charge in [0.05, 0.1) is 0 Å². The molecule has 0 aromatic heterocycles. The Bertz CT molecular complexity index is 836. The third-order valence-corrected chi connectivity index (χ3v) is 4.91. The Kier molecular flexibility index (Phi) is 7.29. The molecule has 0 unspecified atom stereocenters. The van der Waals surface area contributed by atoms with Crippen LogP contribution in [-0.4, -0.2) is 24.5 Å². The second kappa shape index (κ2) is 10.1. The Hall–Kier alpha value is -2.32. The van der Waals surface area contributed by atoms with Crippen molar-refractivity contribution in [1.29, 1.82) is 0 Å². The minimum Gasteiger partial charge on any atom is -0.489 e. The van der Waals surface area contributed by atoms with Crippen molar-refractivity contribution in [3.63, 3.8) is 0 Å². The molecule has 0 aliphatic heterocycles. The monoisotopic (exact) mass is 361 g/mol. The lowest BCUT2D eigenvalue weighted by atomic mass is 10.1. The highest BCUT2D eigenvalue weighted by Crippen LogP contribution is 2.19. The largest absolute Gasteiger partial charge is 0.489 e. The molecule has 0 saturated heterocycles. The number of benzene rings is 3. The van der Waals surface area contributed by atoms with Crippen molar-refractivity contribution in [3.8, 4) is 5.75 Å². The molecular formula is C25H31NO. The molecule has 142 valence electrons. The first kappa shape index (κ1) is 19.4. The van der Waals surface area contributed by atoms with Gasteiger partial charge in [0.1, 0.15) is 12.4 Å². The second-order valence-corrected chi connectivity index (χ2v) is 7.21. The highest BCUT2D eigenvalue weighted by atomic mass is 16.5. The first-order chi connectivity index (χ1) is 13.3. The number of hydrogen-bond donors (Lipinski definition) is 0. The topological polar surface area (TPSA) is 12.5 Å². The molecule has 0 radical (unpaired) electrons. The van der Waals surface area contributed by atoms with Gasteiger partial charge in [0.2, 0.25) is 0 Å². The predicted octanol–water partition coefficient (Wildman–Crippen LogP) is 6.08. The first-order valence-electron chi connectivity index (χ1n) is 10.2. The van der Waals surface area contributed by atoms with Crippen LogP contribution >= 0.6 is 0 Å². The fourth-order valence-electron chi connectivity index (χ4n) is 3.54. The summed E-state index contributed by atoms with van der Waals surface area (Å²) in [5.41, 5.74) is 2.55. The maximum absolute atomic E-state index is 6.07. The first-order valence-corrected chi connectivity index (χ1v) is 10.2. The van der Waals surface area contributed by atoms with Gasteiger partial charge in [0.15, 0.2) is 0 Å². The van der Waals surface area contributed by atoms with Crippen LogP contribution in [0.1, 0.15) is 37.8 Å². The van der Waals surface area contributed by atoms with Gasteiger partial charge < -0.3 is 9.64 Å². The normalized spacial score (nSPS) is 11.2. The molecular weight excluding hydrogens is 330 g/mol. The summed E-state index contributed by atoms with van der Waals surface area (Å²) in [6.07, 6.45) is 3.51. The molecule has 0 fully saturated rings. The lowest BCUT2D eigenvalue weighted by Gasteiger charge is -2.20. The van der Waals surface area contributed by atoms with E-state index in [4.69, 9.17) is 4.74 Å². The van der Waals surface area contributed by atoms with Gasteiger partial charge in [0, 0.05) is 6.54 Å². The van der Waals surface area contributed by atoms with Gasteiger partial charge >= 0.3 is 0 Å². The minimum atomic E-state index is 0.603. The molecule has 3 aromatic rings. The van der Waals surface area contributed by atoms with Crippen LogP contribution in [0.15, 0.2) is 66.7 Å². The van der Waals surface area contributed by atoms with Gasteiger partial charge in [-0.05, 0) is 72.5 Å². The Labute approximate surface area is 163 Å². The fourth-order valence-corrected chi connectivity index (χ4v) is 3.54. The van der Waals surface area contributed by atoms with E-state index >= 15 is 0 Å². The molecule has 3 aromatic carbocycles. The van der Waals surface area contributed by atoms with Gasteiger partial charge in [-0.1, -0.05) is 62.4 Å². The summed E-state index contributed by atoms with van der Waals surface area (Å²) in [5.74, 6) is 0.957. The van der Waals surface area contributed by atoms with E-state index < -0.39 is 0 Å². The zero-order valence-electron chi connectivity index (χ0n) is 16.7. The molecule has 2 heteroatoms. The molecule has 2 nitrogen and oxygen atoms in total. The van der Waals surface area contributed by atoms with E-state index in [1.165, 1.54) is 47.8 Å². The highest BCUT2D eigenvalue weighted by molar-refractivity contribution is 5.82. The van der Waals surface area contributed by atoms with Crippen LogP contribution in [0.2, 0.25) is 0 Å². The van der Waals surface area contributed by atoms with Crippen LogP contribution in [0.5, 0.6) is 5.75 Å². The highest BCUT2D eigenvalue weighted by Gasteiger charge is 2.04. The summed E-state index contributed by atoms with van der Waals surface area (Å²) in [4.78, 5) is 2.56. The van der Waals surface area contributed by atoms with Crippen molar-refractivity contribution < 1.29 is 4.74 Å². The molecule has 0 aliphatic rings. The van der Waals surface area contributed by atoms with Crippen LogP contribution in [0.25, 0.3) is 10.8 Å². The summed E-state index contributed by atoms with van der Waals surface area (Å²) in [6, 6.07) is 23.5. The number of rotatable bonds is 10. The zero-order valence-corrected chi connectivity index (χ0v) is 16.7. The van der Waals surface area contributed by atoms with E-state index in [9.17, 15) is 0 Å². The van der Waals surface area contributed by atoms with Gasteiger partial charge in [0.25, 0.3) is 0 Å². The summed E-state index contributed by atoms with van der Waals surface area (Å²) in [6.45, 7) is 8.60. The fraction of sp³-hybridized carbons (Fsp3) is 0.360. The van der Waals surface area contributed by atoms with E-state index in [1.54, 1.807) is 0 Å². The number of nitrogens with zero attached hydrogens (tertiary/aromatic N) is 1. The van der Waals surface area contributed by atoms with Gasteiger partial charge in [-0.2, -0.15) is 0 Å². The van der Waals surface area contributed by atoms with Crippen LogP contribution in [0.3, 0.4) is 0 Å². The summed E-state index contributed by atoms with van der Waals surface area (Å²) >= 11 is 0. The second-order valence-electron chi connectivity index (χ2n) is 7.21. The van der Waals surface area contributed by atoms with E-state index in [2.05, 4.69) is 85.5 Å². The molecule has 0 N–H and O–H groups in total. The summed E-state index contributed by atoms with van der Waals surface area (Å²) < 4.78 is 6.07. The third-order valence-electron chi connectivity index (χ3n) is 4.91. The lowest BCUT2D eigenvalue weighted by Crippen LogP contribution is -2.27. The Morgan fingerprint density at radius 3 is 2.26 bits per heavy atom.